The molecule has 684 valence electrons. The Morgan fingerprint density at radius 2 is 0.443 bits per heavy atom. The minimum atomic E-state index is -4.97. The topological polar surface area (TPSA) is 237 Å². The molecule has 0 rings (SSSR count). The molecule has 19 heteroatoms. The third kappa shape index (κ3) is 88.2. The van der Waals surface area contributed by atoms with Crippen molar-refractivity contribution >= 4 is 39.5 Å². The van der Waals surface area contributed by atoms with Gasteiger partial charge in [-0.3, -0.25) is 37.3 Å². The SMILES string of the molecule is CCCCCCCCCCCCCCCCCCCCCCCC(=O)O[C@H](COC(=O)CCCCCCCCCCCCC)COP(=O)(O)OC[C@H](O)COP(=O)(O)OC[C@@H](COC(=O)CCCCCCCCCCCCCCCCCCCCC(C)C)OC(=O)CCCCCCCCCCCCCCCCCCCCC(C)CC. The first-order valence-corrected chi connectivity index (χ1v) is 52.5. The first-order chi connectivity index (χ1) is 55.9. The molecule has 0 saturated carbocycles. The van der Waals surface area contributed by atoms with Crippen molar-refractivity contribution in [2.75, 3.05) is 39.6 Å². The average Bonchev–Trinajstić information content (AvgIpc) is 0.897. The van der Waals surface area contributed by atoms with E-state index in [4.69, 9.17) is 37.0 Å². The molecule has 0 aromatic rings. The summed E-state index contributed by atoms with van der Waals surface area (Å²) in [5.41, 5.74) is 0. The van der Waals surface area contributed by atoms with Crippen LogP contribution in [0.25, 0.3) is 0 Å². The predicted molar refractivity (Wildman–Crippen MR) is 478 cm³/mol. The number of carbonyl (C=O) groups is 4. The highest BCUT2D eigenvalue weighted by molar-refractivity contribution is 7.47. The molecule has 0 spiro atoms. The minimum Gasteiger partial charge on any atom is -0.462 e. The summed E-state index contributed by atoms with van der Waals surface area (Å²) in [6, 6.07) is 0. The number of carbonyl (C=O) groups excluding carboxylic acids is 4. The second-order valence-electron chi connectivity index (χ2n) is 35.2. The molecule has 0 bridgehead atoms. The number of hydrogen-bond donors (Lipinski definition) is 3. The van der Waals surface area contributed by atoms with Crippen LogP contribution in [0.4, 0.5) is 0 Å². The number of aliphatic hydroxyl groups excluding tert-OH is 1. The molecule has 0 fully saturated rings. The maximum Gasteiger partial charge on any atom is 0.472 e. The van der Waals surface area contributed by atoms with Gasteiger partial charge in [-0.05, 0) is 37.5 Å². The van der Waals surface area contributed by atoms with E-state index in [1.54, 1.807) is 0 Å². The fourth-order valence-electron chi connectivity index (χ4n) is 15.2. The van der Waals surface area contributed by atoms with Crippen LogP contribution in [0.2, 0.25) is 0 Å². The van der Waals surface area contributed by atoms with Gasteiger partial charge in [-0.25, -0.2) is 9.13 Å². The molecule has 0 aliphatic rings. The number of esters is 4. The predicted octanol–water partition coefficient (Wildman–Crippen LogP) is 30.1. The zero-order chi connectivity index (χ0) is 84.1. The van der Waals surface area contributed by atoms with Gasteiger partial charge in [0, 0.05) is 25.7 Å². The molecule has 0 radical (unpaired) electrons. The highest BCUT2D eigenvalue weighted by Crippen LogP contribution is 2.45. The number of hydrogen-bond acceptors (Lipinski definition) is 15. The zero-order valence-electron chi connectivity index (χ0n) is 76.1. The van der Waals surface area contributed by atoms with Crippen LogP contribution in [0, 0.1) is 11.8 Å². The molecule has 0 heterocycles. The van der Waals surface area contributed by atoms with Crippen LogP contribution in [0.3, 0.4) is 0 Å². The van der Waals surface area contributed by atoms with E-state index in [2.05, 4.69) is 41.5 Å². The van der Waals surface area contributed by atoms with Crippen molar-refractivity contribution in [1.82, 2.24) is 0 Å². The smallest absolute Gasteiger partial charge is 0.462 e. The van der Waals surface area contributed by atoms with E-state index in [0.717, 1.165) is 102 Å². The molecule has 0 aliphatic heterocycles. The summed E-state index contributed by atoms with van der Waals surface area (Å²) in [6.07, 6.45) is 83.5. The lowest BCUT2D eigenvalue weighted by atomic mass is 9.99. The van der Waals surface area contributed by atoms with Gasteiger partial charge in [-0.15, -0.1) is 0 Å². The number of phosphoric acid groups is 2. The van der Waals surface area contributed by atoms with Crippen LogP contribution in [0.1, 0.15) is 523 Å². The number of phosphoric ester groups is 2. The Balaban J connectivity index is 5.22. The first kappa shape index (κ1) is 113. The second-order valence-corrected chi connectivity index (χ2v) is 38.1. The van der Waals surface area contributed by atoms with Gasteiger partial charge in [0.25, 0.3) is 0 Å². The largest absolute Gasteiger partial charge is 0.472 e. The van der Waals surface area contributed by atoms with Crippen molar-refractivity contribution in [2.24, 2.45) is 11.8 Å². The van der Waals surface area contributed by atoms with E-state index >= 15 is 0 Å². The van der Waals surface area contributed by atoms with Gasteiger partial charge in [-0.1, -0.05) is 472 Å². The van der Waals surface area contributed by atoms with E-state index in [1.165, 1.54) is 340 Å². The van der Waals surface area contributed by atoms with Gasteiger partial charge >= 0.3 is 39.5 Å². The first-order valence-electron chi connectivity index (χ1n) is 49.5. The van der Waals surface area contributed by atoms with E-state index < -0.39 is 97.5 Å². The molecule has 0 amide bonds. The molecular weight excluding hydrogens is 1490 g/mol. The van der Waals surface area contributed by atoms with Crippen LogP contribution in [-0.4, -0.2) is 96.7 Å². The van der Waals surface area contributed by atoms with Gasteiger partial charge in [0.05, 0.1) is 26.4 Å². The fraction of sp³-hybridized carbons (Fsp3) is 0.958. The number of ether oxygens (including phenoxy) is 4. The van der Waals surface area contributed by atoms with Crippen molar-refractivity contribution in [2.45, 2.75) is 541 Å². The molecule has 17 nitrogen and oxygen atoms in total. The summed E-state index contributed by atoms with van der Waals surface area (Å²) in [7, 11) is -9.94. The van der Waals surface area contributed by atoms with Crippen molar-refractivity contribution in [3.8, 4) is 0 Å². The quantitative estimate of drug-likeness (QED) is 0.0222. The third-order valence-corrected chi connectivity index (χ3v) is 25.0. The lowest BCUT2D eigenvalue weighted by Crippen LogP contribution is -2.30. The summed E-state index contributed by atoms with van der Waals surface area (Å²) < 4.78 is 69.2. The molecule has 6 atom stereocenters. The summed E-state index contributed by atoms with van der Waals surface area (Å²) >= 11 is 0. The Morgan fingerprint density at radius 1 is 0.252 bits per heavy atom. The molecule has 0 saturated heterocycles. The molecule has 3 unspecified atom stereocenters. The van der Waals surface area contributed by atoms with Crippen LogP contribution in [0.15, 0.2) is 0 Å². The van der Waals surface area contributed by atoms with Crippen molar-refractivity contribution in [3.63, 3.8) is 0 Å². The van der Waals surface area contributed by atoms with E-state index in [1.807, 2.05) is 0 Å². The maximum absolute atomic E-state index is 13.2. The zero-order valence-corrected chi connectivity index (χ0v) is 77.9. The summed E-state index contributed by atoms with van der Waals surface area (Å²) in [5.74, 6) is -0.396. The van der Waals surface area contributed by atoms with E-state index in [-0.39, 0.29) is 25.7 Å². The van der Waals surface area contributed by atoms with E-state index in [9.17, 15) is 43.2 Å². The normalized spacial score (nSPS) is 13.9. The Bertz CT molecular complexity index is 2190. The Kier molecular flexibility index (Phi) is 85.5. The van der Waals surface area contributed by atoms with Gasteiger partial charge in [0.1, 0.15) is 19.3 Å². The molecular formula is C96H188O17P2. The highest BCUT2D eigenvalue weighted by atomic mass is 31.2. The minimum absolute atomic E-state index is 0.109. The van der Waals surface area contributed by atoms with Crippen molar-refractivity contribution in [1.29, 1.82) is 0 Å². The Morgan fingerprint density at radius 3 is 0.661 bits per heavy atom. The van der Waals surface area contributed by atoms with Crippen LogP contribution >= 0.6 is 15.6 Å². The summed E-state index contributed by atoms with van der Waals surface area (Å²) in [6.45, 7) is 9.83. The third-order valence-electron chi connectivity index (χ3n) is 23.1. The van der Waals surface area contributed by atoms with Gasteiger partial charge < -0.3 is 33.8 Å². The van der Waals surface area contributed by atoms with Gasteiger partial charge in [0.2, 0.25) is 0 Å². The molecule has 0 aromatic carbocycles. The number of unbranched alkanes of at least 4 members (excludes halogenated alkanes) is 64. The molecule has 3 N–H and O–H groups in total. The van der Waals surface area contributed by atoms with E-state index in [0.29, 0.717) is 25.7 Å². The van der Waals surface area contributed by atoms with Crippen molar-refractivity contribution < 1.29 is 80.2 Å². The summed E-state index contributed by atoms with van der Waals surface area (Å²) in [5, 5.41) is 10.7. The van der Waals surface area contributed by atoms with Crippen LogP contribution in [-0.2, 0) is 65.4 Å². The molecule has 115 heavy (non-hydrogen) atoms. The number of aliphatic hydroxyl groups is 1. The monoisotopic (exact) mass is 1680 g/mol. The molecule has 0 aromatic heterocycles. The standard InChI is InChI=1S/C96H188O17P2/c1-7-10-12-14-16-18-20-21-22-23-24-25-26-34-39-44-50-56-62-68-74-80-95(100)112-91(84-106-93(98)78-72-66-60-54-46-19-17-15-13-11-8-2)86-110-114(102,103)108-82-90(97)83-109-115(104,105)111-87-92(85-107-94(99)79-73-67-61-55-49-43-38-33-29-27-31-36-41-47-52-58-64-70-76-88(4)5)113-96(101)81-75-69-63-57-51-45-40-35-30-28-32-37-42-48-53-59-65-71-77-89(6)9-3/h88-92,97H,7-87H2,1-6H3,(H,102,103)(H,104,105)/t89?,90-,91+,92+/m0/s1. The van der Waals surface area contributed by atoms with Crippen LogP contribution < -0.4 is 0 Å². The molecule has 0 aliphatic carbocycles. The van der Waals surface area contributed by atoms with Crippen molar-refractivity contribution in [3.05, 3.63) is 0 Å². The second kappa shape index (κ2) is 87.0. The lowest BCUT2D eigenvalue weighted by Gasteiger charge is -2.21. The maximum atomic E-state index is 13.2. The lowest BCUT2D eigenvalue weighted by molar-refractivity contribution is -0.161. The Labute approximate surface area is 708 Å². The van der Waals surface area contributed by atoms with Gasteiger partial charge in [0.15, 0.2) is 12.2 Å². The Hall–Kier alpha value is -1.94. The number of rotatable bonds is 95. The highest BCUT2D eigenvalue weighted by Gasteiger charge is 2.31. The summed E-state index contributed by atoms with van der Waals surface area (Å²) in [4.78, 5) is 73.6. The van der Waals surface area contributed by atoms with Gasteiger partial charge in [-0.2, -0.15) is 0 Å². The average molecular weight is 1680 g/mol. The fourth-order valence-corrected chi connectivity index (χ4v) is 16.7. The van der Waals surface area contributed by atoms with Crippen LogP contribution in [0.5, 0.6) is 0 Å².